The number of aromatic nitrogens is 2. The van der Waals surface area contributed by atoms with Crippen LogP contribution in [0.3, 0.4) is 0 Å². The molecule has 90 valence electrons. The van der Waals surface area contributed by atoms with Crippen LogP contribution >= 0.6 is 0 Å². The minimum atomic E-state index is 0.766. The Morgan fingerprint density at radius 3 is 2.59 bits per heavy atom. The highest BCUT2D eigenvalue weighted by Crippen LogP contribution is 2.19. The van der Waals surface area contributed by atoms with E-state index in [0.717, 1.165) is 29.9 Å². The van der Waals surface area contributed by atoms with E-state index in [1.54, 1.807) is 0 Å². The van der Waals surface area contributed by atoms with E-state index < -0.39 is 0 Å². The number of hydrogen-bond donors (Lipinski definition) is 1. The van der Waals surface area contributed by atoms with E-state index in [0.29, 0.717) is 0 Å². The van der Waals surface area contributed by atoms with Crippen LogP contribution in [-0.2, 0) is 6.42 Å². The molecule has 3 heteroatoms. The fraction of sp³-hybridized carbons (Fsp3) is 0.357. The molecule has 2 rings (SSSR count). The van der Waals surface area contributed by atoms with Crippen molar-refractivity contribution in [3.8, 4) is 5.69 Å². The zero-order valence-corrected chi connectivity index (χ0v) is 10.5. The summed E-state index contributed by atoms with van der Waals surface area (Å²) in [6, 6.07) is 8.23. The summed E-state index contributed by atoms with van der Waals surface area (Å²) in [4.78, 5) is 0. The second-order valence-corrected chi connectivity index (χ2v) is 4.41. The van der Waals surface area contributed by atoms with Crippen molar-refractivity contribution < 1.29 is 0 Å². The van der Waals surface area contributed by atoms with E-state index in [1.807, 2.05) is 23.0 Å². The molecule has 1 aromatic carbocycles. The summed E-state index contributed by atoms with van der Waals surface area (Å²) < 4.78 is 1.81. The normalized spacial score (nSPS) is 10.7. The predicted octanol–water partition coefficient (Wildman–Crippen LogP) is 3.11. The van der Waals surface area contributed by atoms with Crippen LogP contribution in [0.4, 0.5) is 5.82 Å². The van der Waals surface area contributed by atoms with Gasteiger partial charge in [0, 0.05) is 5.56 Å². The molecule has 0 fully saturated rings. The third-order valence-electron chi connectivity index (χ3n) is 2.96. The summed E-state index contributed by atoms with van der Waals surface area (Å²) in [6.07, 6.45) is 5.22. The predicted molar refractivity (Wildman–Crippen MR) is 71.3 cm³/mol. The lowest BCUT2D eigenvalue weighted by molar-refractivity contribution is 0.796. The number of nitrogens with zero attached hydrogens (tertiary/aromatic N) is 2. The molecule has 1 heterocycles. The lowest BCUT2D eigenvalue weighted by atomic mass is 10.1. The van der Waals surface area contributed by atoms with Crippen molar-refractivity contribution in [3.63, 3.8) is 0 Å². The van der Waals surface area contributed by atoms with E-state index >= 15 is 0 Å². The summed E-state index contributed by atoms with van der Waals surface area (Å²) in [5, 5.41) is 4.36. The van der Waals surface area contributed by atoms with Crippen molar-refractivity contribution in [1.82, 2.24) is 9.78 Å². The number of benzene rings is 1. The maximum Gasteiger partial charge on any atom is 0.130 e. The quantitative estimate of drug-likeness (QED) is 0.875. The van der Waals surface area contributed by atoms with Crippen molar-refractivity contribution in [3.05, 3.63) is 41.6 Å². The minimum Gasteiger partial charge on any atom is -0.383 e. The molecule has 0 atom stereocenters. The highest BCUT2D eigenvalue weighted by atomic mass is 15.3. The van der Waals surface area contributed by atoms with Crippen molar-refractivity contribution in [2.75, 3.05) is 5.73 Å². The van der Waals surface area contributed by atoms with Crippen molar-refractivity contribution in [2.24, 2.45) is 0 Å². The first kappa shape index (κ1) is 11.7. The van der Waals surface area contributed by atoms with Crippen LogP contribution in [0, 0.1) is 6.92 Å². The third kappa shape index (κ3) is 2.49. The van der Waals surface area contributed by atoms with Crippen LogP contribution < -0.4 is 5.73 Å². The van der Waals surface area contributed by atoms with E-state index in [4.69, 9.17) is 5.73 Å². The molecule has 17 heavy (non-hydrogen) atoms. The summed E-state index contributed by atoms with van der Waals surface area (Å²) in [5.74, 6) is 0.766. The van der Waals surface area contributed by atoms with Crippen molar-refractivity contribution >= 4 is 5.82 Å². The van der Waals surface area contributed by atoms with Gasteiger partial charge in [0.05, 0.1) is 11.9 Å². The highest BCUT2D eigenvalue weighted by molar-refractivity contribution is 5.47. The summed E-state index contributed by atoms with van der Waals surface area (Å²) in [6.45, 7) is 4.25. The fourth-order valence-electron chi connectivity index (χ4n) is 1.84. The Balaban J connectivity index is 2.27. The molecule has 0 radical (unpaired) electrons. The Kier molecular flexibility index (Phi) is 3.47. The second kappa shape index (κ2) is 5.04. The Bertz CT molecular complexity index is 483. The Hall–Kier alpha value is -1.77. The van der Waals surface area contributed by atoms with Gasteiger partial charge in [0.25, 0.3) is 0 Å². The number of hydrogen-bond acceptors (Lipinski definition) is 2. The van der Waals surface area contributed by atoms with Crippen LogP contribution in [0.2, 0.25) is 0 Å². The molecule has 0 aliphatic heterocycles. The van der Waals surface area contributed by atoms with E-state index in [1.165, 1.54) is 12.0 Å². The van der Waals surface area contributed by atoms with Gasteiger partial charge in [-0.15, -0.1) is 0 Å². The number of unbranched alkanes of at least 4 members (excludes halogenated alkanes) is 1. The molecule has 0 bridgehead atoms. The molecular formula is C14H19N3. The van der Waals surface area contributed by atoms with E-state index in [9.17, 15) is 0 Å². The molecule has 2 N–H and O–H groups in total. The summed E-state index contributed by atoms with van der Waals surface area (Å²) >= 11 is 0. The van der Waals surface area contributed by atoms with Crippen LogP contribution in [0.1, 0.15) is 30.9 Å². The van der Waals surface area contributed by atoms with Crippen LogP contribution in [-0.4, -0.2) is 9.78 Å². The molecule has 0 amide bonds. The van der Waals surface area contributed by atoms with Gasteiger partial charge in [-0.1, -0.05) is 31.0 Å². The molecule has 2 aromatic rings. The van der Waals surface area contributed by atoms with Gasteiger partial charge >= 0.3 is 0 Å². The molecule has 0 saturated carbocycles. The first-order chi connectivity index (χ1) is 8.22. The molecule has 3 nitrogen and oxygen atoms in total. The Morgan fingerprint density at radius 1 is 1.24 bits per heavy atom. The van der Waals surface area contributed by atoms with E-state index in [2.05, 4.69) is 31.1 Å². The van der Waals surface area contributed by atoms with Crippen LogP contribution in [0.15, 0.2) is 30.5 Å². The van der Waals surface area contributed by atoms with Gasteiger partial charge < -0.3 is 5.73 Å². The maximum atomic E-state index is 6.11. The summed E-state index contributed by atoms with van der Waals surface area (Å²) in [7, 11) is 0. The summed E-state index contributed by atoms with van der Waals surface area (Å²) in [5.41, 5.74) is 9.53. The Morgan fingerprint density at radius 2 is 1.94 bits per heavy atom. The first-order valence-electron chi connectivity index (χ1n) is 6.11. The molecule has 0 aliphatic carbocycles. The molecule has 0 saturated heterocycles. The third-order valence-corrected chi connectivity index (χ3v) is 2.96. The second-order valence-electron chi connectivity index (χ2n) is 4.41. The molecule has 0 spiro atoms. The zero-order valence-electron chi connectivity index (χ0n) is 10.5. The topological polar surface area (TPSA) is 43.8 Å². The van der Waals surface area contributed by atoms with Gasteiger partial charge in [0.2, 0.25) is 0 Å². The molecule has 0 unspecified atom stereocenters. The fourth-order valence-corrected chi connectivity index (χ4v) is 1.84. The molecule has 0 aliphatic rings. The average molecular weight is 229 g/mol. The monoisotopic (exact) mass is 229 g/mol. The SMILES string of the molecule is CCCCc1cnn(-c2ccc(C)cc2)c1N. The number of nitrogen functional groups attached to an aromatic ring is 1. The number of anilines is 1. The number of nitrogens with two attached hydrogens (primary N) is 1. The van der Waals surface area contributed by atoms with Crippen LogP contribution in [0.5, 0.6) is 0 Å². The lowest BCUT2D eigenvalue weighted by Crippen LogP contribution is -2.03. The van der Waals surface area contributed by atoms with Gasteiger partial charge in [0.15, 0.2) is 0 Å². The van der Waals surface area contributed by atoms with E-state index in [-0.39, 0.29) is 0 Å². The Labute approximate surface area is 102 Å². The average Bonchev–Trinajstić information content (AvgIpc) is 2.69. The van der Waals surface area contributed by atoms with Gasteiger partial charge in [-0.2, -0.15) is 5.10 Å². The zero-order chi connectivity index (χ0) is 12.3. The van der Waals surface area contributed by atoms with Gasteiger partial charge in [-0.25, -0.2) is 4.68 Å². The van der Waals surface area contributed by atoms with Gasteiger partial charge in [0.1, 0.15) is 5.82 Å². The highest BCUT2D eigenvalue weighted by Gasteiger charge is 2.08. The van der Waals surface area contributed by atoms with Gasteiger partial charge in [-0.3, -0.25) is 0 Å². The number of rotatable bonds is 4. The first-order valence-corrected chi connectivity index (χ1v) is 6.11. The minimum absolute atomic E-state index is 0.766. The largest absolute Gasteiger partial charge is 0.383 e. The molecule has 1 aromatic heterocycles. The molecular weight excluding hydrogens is 210 g/mol. The van der Waals surface area contributed by atoms with Gasteiger partial charge in [-0.05, 0) is 31.9 Å². The smallest absolute Gasteiger partial charge is 0.130 e. The standard InChI is InChI=1S/C14H19N3/c1-3-4-5-12-10-16-17(14(12)15)13-8-6-11(2)7-9-13/h6-10H,3-5,15H2,1-2H3. The van der Waals surface area contributed by atoms with Crippen LogP contribution in [0.25, 0.3) is 5.69 Å². The van der Waals surface area contributed by atoms with Crippen molar-refractivity contribution in [2.45, 2.75) is 33.1 Å². The van der Waals surface area contributed by atoms with Crippen molar-refractivity contribution in [1.29, 1.82) is 0 Å². The maximum absolute atomic E-state index is 6.11. The number of aryl methyl sites for hydroxylation is 2. The lowest BCUT2D eigenvalue weighted by Gasteiger charge is -2.05.